The molecule has 0 aliphatic heterocycles. The molecule has 3 rings (SSSR count). The predicted octanol–water partition coefficient (Wildman–Crippen LogP) is 2.83. The second-order valence-corrected chi connectivity index (χ2v) is 4.96. The highest BCUT2D eigenvalue weighted by Gasteiger charge is 2.51. The van der Waals surface area contributed by atoms with Gasteiger partial charge >= 0.3 is 0 Å². The fourth-order valence-corrected chi connectivity index (χ4v) is 3.07. The zero-order chi connectivity index (χ0) is 9.00. The van der Waals surface area contributed by atoms with Gasteiger partial charge < -0.3 is 5.32 Å². The summed E-state index contributed by atoms with van der Waals surface area (Å²) in [6, 6.07) is 7.31. The summed E-state index contributed by atoms with van der Waals surface area (Å²) in [5, 5.41) is 3.42. The molecule has 2 heteroatoms. The van der Waals surface area contributed by atoms with Gasteiger partial charge in [-0.15, -0.1) is 0 Å². The van der Waals surface area contributed by atoms with Gasteiger partial charge in [-0.25, -0.2) is 0 Å². The molecule has 2 aliphatic rings. The van der Waals surface area contributed by atoms with E-state index in [4.69, 9.17) is 0 Å². The van der Waals surface area contributed by atoms with Crippen molar-refractivity contribution in [2.24, 2.45) is 5.92 Å². The molecule has 1 saturated carbocycles. The van der Waals surface area contributed by atoms with E-state index in [2.05, 4.69) is 46.5 Å². The summed E-state index contributed by atoms with van der Waals surface area (Å²) < 4.78 is 1.22. The van der Waals surface area contributed by atoms with Crippen LogP contribution in [-0.2, 0) is 0 Å². The van der Waals surface area contributed by atoms with Gasteiger partial charge in [-0.1, -0.05) is 22.0 Å². The largest absolute Gasteiger partial charge is 0.313 e. The van der Waals surface area contributed by atoms with Gasteiger partial charge in [0.05, 0.1) is 0 Å². The highest BCUT2D eigenvalue weighted by molar-refractivity contribution is 9.10. The highest BCUT2D eigenvalue weighted by Crippen LogP contribution is 2.61. The van der Waals surface area contributed by atoms with Gasteiger partial charge in [0.25, 0.3) is 0 Å². The van der Waals surface area contributed by atoms with Crippen LogP contribution in [0.4, 0.5) is 0 Å². The van der Waals surface area contributed by atoms with Crippen LogP contribution < -0.4 is 5.32 Å². The maximum atomic E-state index is 3.53. The number of benzene rings is 1. The van der Waals surface area contributed by atoms with Crippen LogP contribution in [0.5, 0.6) is 0 Å². The van der Waals surface area contributed by atoms with Crippen molar-refractivity contribution >= 4 is 15.9 Å². The number of rotatable bonds is 1. The van der Waals surface area contributed by atoms with E-state index in [9.17, 15) is 0 Å². The predicted molar refractivity (Wildman–Crippen MR) is 56.8 cm³/mol. The molecule has 0 radical (unpaired) electrons. The molecule has 3 atom stereocenters. The Morgan fingerprint density at radius 3 is 3.00 bits per heavy atom. The quantitative estimate of drug-likeness (QED) is 0.793. The Labute approximate surface area is 86.7 Å². The van der Waals surface area contributed by atoms with Crippen LogP contribution in [0.15, 0.2) is 22.7 Å². The maximum Gasteiger partial charge on any atom is 0.0355 e. The molecular weight excluding hydrogens is 226 g/mol. The molecule has 13 heavy (non-hydrogen) atoms. The van der Waals surface area contributed by atoms with Crippen molar-refractivity contribution in [1.29, 1.82) is 0 Å². The molecule has 1 N–H and O–H groups in total. The average Bonchev–Trinajstić information content (AvgIpc) is 2.84. The molecule has 0 bridgehead atoms. The molecule has 1 aromatic rings. The first-order valence-electron chi connectivity index (χ1n) is 4.78. The molecule has 0 aromatic heterocycles. The summed E-state index contributed by atoms with van der Waals surface area (Å²) in [6.07, 6.45) is 1.38. The second-order valence-electron chi connectivity index (χ2n) is 4.05. The van der Waals surface area contributed by atoms with E-state index in [-0.39, 0.29) is 0 Å². The minimum absolute atomic E-state index is 0.619. The third kappa shape index (κ3) is 1.02. The Morgan fingerprint density at radius 2 is 2.23 bits per heavy atom. The molecule has 0 saturated heterocycles. The summed E-state index contributed by atoms with van der Waals surface area (Å²) in [6.45, 7) is 0. The zero-order valence-electron chi connectivity index (χ0n) is 7.55. The highest BCUT2D eigenvalue weighted by atomic mass is 79.9. The molecule has 68 valence electrons. The third-order valence-electron chi connectivity index (χ3n) is 3.36. The molecule has 1 nitrogen and oxygen atoms in total. The van der Waals surface area contributed by atoms with Gasteiger partial charge in [0, 0.05) is 10.5 Å². The Kier molecular flexibility index (Phi) is 1.59. The van der Waals surface area contributed by atoms with Crippen molar-refractivity contribution in [3.63, 3.8) is 0 Å². The average molecular weight is 238 g/mol. The molecular formula is C11H12BrN. The lowest BCUT2D eigenvalue weighted by molar-refractivity contribution is 0.544. The van der Waals surface area contributed by atoms with Crippen LogP contribution >= 0.6 is 15.9 Å². The number of nitrogens with one attached hydrogen (secondary N) is 1. The lowest BCUT2D eigenvalue weighted by Crippen LogP contribution is -2.16. The van der Waals surface area contributed by atoms with Crippen molar-refractivity contribution in [3.05, 3.63) is 33.8 Å². The molecule has 2 aliphatic carbocycles. The summed E-state index contributed by atoms with van der Waals surface area (Å²) in [7, 11) is 2.07. The molecule has 0 spiro atoms. The number of fused-ring (bicyclic) bond motifs is 3. The van der Waals surface area contributed by atoms with Crippen molar-refractivity contribution in [1.82, 2.24) is 5.32 Å². The monoisotopic (exact) mass is 237 g/mol. The number of hydrogen-bond acceptors (Lipinski definition) is 1. The molecule has 1 fully saturated rings. The number of hydrogen-bond donors (Lipinski definition) is 1. The van der Waals surface area contributed by atoms with Crippen molar-refractivity contribution in [2.45, 2.75) is 18.4 Å². The van der Waals surface area contributed by atoms with E-state index in [0.29, 0.717) is 6.04 Å². The van der Waals surface area contributed by atoms with E-state index in [1.165, 1.54) is 16.5 Å². The van der Waals surface area contributed by atoms with Crippen LogP contribution in [0.25, 0.3) is 0 Å². The SMILES string of the molecule is CN[C@H]1c2ccc(Br)cc2[C@@H]2C[C@@H]21. The fraction of sp³-hybridized carbons (Fsp3) is 0.455. The lowest BCUT2D eigenvalue weighted by Gasteiger charge is -2.13. The van der Waals surface area contributed by atoms with Gasteiger partial charge in [0.1, 0.15) is 0 Å². The topological polar surface area (TPSA) is 12.0 Å². The Bertz CT molecular complexity index is 361. The van der Waals surface area contributed by atoms with Crippen LogP contribution in [0.1, 0.15) is 29.5 Å². The minimum atomic E-state index is 0.619. The smallest absolute Gasteiger partial charge is 0.0355 e. The van der Waals surface area contributed by atoms with Crippen LogP contribution in [0.2, 0.25) is 0 Å². The standard InChI is InChI=1S/C11H12BrN/c1-13-11-7-3-2-6(12)4-8(7)9-5-10(9)11/h2-4,9-11,13H,5H2,1H3/t9-,10-,11-/m0/s1. The van der Waals surface area contributed by atoms with Crippen molar-refractivity contribution in [3.8, 4) is 0 Å². The van der Waals surface area contributed by atoms with Gasteiger partial charge in [0.15, 0.2) is 0 Å². The van der Waals surface area contributed by atoms with E-state index >= 15 is 0 Å². The Hall–Kier alpha value is -0.340. The normalized spacial score (nSPS) is 34.2. The van der Waals surface area contributed by atoms with Crippen LogP contribution in [-0.4, -0.2) is 7.05 Å². The number of halogens is 1. The van der Waals surface area contributed by atoms with Gasteiger partial charge in [-0.3, -0.25) is 0 Å². The summed E-state index contributed by atoms with van der Waals surface area (Å²) in [5.41, 5.74) is 3.09. The van der Waals surface area contributed by atoms with Crippen molar-refractivity contribution < 1.29 is 0 Å². The first-order valence-corrected chi connectivity index (χ1v) is 5.57. The van der Waals surface area contributed by atoms with E-state index in [0.717, 1.165) is 11.8 Å². The van der Waals surface area contributed by atoms with Gasteiger partial charge in [-0.05, 0) is 48.6 Å². The minimum Gasteiger partial charge on any atom is -0.313 e. The zero-order valence-corrected chi connectivity index (χ0v) is 9.14. The van der Waals surface area contributed by atoms with E-state index in [1.54, 1.807) is 5.56 Å². The Morgan fingerprint density at radius 1 is 1.38 bits per heavy atom. The third-order valence-corrected chi connectivity index (χ3v) is 3.86. The molecule has 0 unspecified atom stereocenters. The maximum absolute atomic E-state index is 3.53. The van der Waals surface area contributed by atoms with Crippen molar-refractivity contribution in [2.75, 3.05) is 7.05 Å². The van der Waals surface area contributed by atoms with Gasteiger partial charge in [-0.2, -0.15) is 0 Å². The lowest BCUT2D eigenvalue weighted by atomic mass is 10.0. The second kappa shape index (κ2) is 2.58. The van der Waals surface area contributed by atoms with Crippen LogP contribution in [0.3, 0.4) is 0 Å². The van der Waals surface area contributed by atoms with E-state index in [1.807, 2.05) is 0 Å². The Balaban J connectivity index is 2.12. The first-order chi connectivity index (χ1) is 6.31. The van der Waals surface area contributed by atoms with Gasteiger partial charge in [0.2, 0.25) is 0 Å². The summed E-state index contributed by atoms with van der Waals surface area (Å²) >= 11 is 3.53. The van der Waals surface area contributed by atoms with E-state index < -0.39 is 0 Å². The molecule has 1 aromatic carbocycles. The fourth-order valence-electron chi connectivity index (χ4n) is 2.69. The summed E-state index contributed by atoms with van der Waals surface area (Å²) in [5.74, 6) is 1.74. The van der Waals surface area contributed by atoms with Crippen LogP contribution in [0, 0.1) is 5.92 Å². The first kappa shape index (κ1) is 8.01. The summed E-state index contributed by atoms with van der Waals surface area (Å²) in [4.78, 5) is 0. The molecule has 0 amide bonds. The molecule has 0 heterocycles.